The van der Waals surface area contributed by atoms with Gasteiger partial charge in [-0.05, 0) is 43.3 Å². The second-order valence-electron chi connectivity index (χ2n) is 9.14. The summed E-state index contributed by atoms with van der Waals surface area (Å²) < 4.78 is 2.12. The molecule has 0 aliphatic carbocycles. The van der Waals surface area contributed by atoms with E-state index >= 15 is 0 Å². The van der Waals surface area contributed by atoms with Crippen LogP contribution in [-0.4, -0.2) is 86.4 Å². The van der Waals surface area contributed by atoms with E-state index in [0.717, 1.165) is 54.0 Å². The van der Waals surface area contributed by atoms with Crippen molar-refractivity contribution in [2.24, 2.45) is 0 Å². The van der Waals surface area contributed by atoms with Gasteiger partial charge >= 0.3 is 0 Å². The number of aromatic nitrogens is 3. The molecule has 9 heteroatoms. The van der Waals surface area contributed by atoms with Crippen LogP contribution in [0.1, 0.15) is 25.9 Å². The molecule has 0 saturated carbocycles. The number of carbonyl (C=O) groups excluding carboxylic acids is 2. The van der Waals surface area contributed by atoms with Gasteiger partial charge in [0, 0.05) is 91.6 Å². The number of aryl methyl sites for hydroxylation is 1. The van der Waals surface area contributed by atoms with Gasteiger partial charge in [0.25, 0.3) is 11.8 Å². The highest BCUT2D eigenvalue weighted by Gasteiger charge is 2.37. The first-order chi connectivity index (χ1) is 17.1. The van der Waals surface area contributed by atoms with Crippen molar-refractivity contribution in [3.8, 4) is 5.69 Å². The molecular formula is C26H26N6O2S. The van der Waals surface area contributed by atoms with Crippen molar-refractivity contribution in [2.45, 2.75) is 13.0 Å². The van der Waals surface area contributed by atoms with E-state index in [2.05, 4.69) is 19.4 Å². The van der Waals surface area contributed by atoms with Gasteiger partial charge in [0.05, 0.1) is 5.52 Å². The number of carbonyl (C=O) groups is 2. The van der Waals surface area contributed by atoms with Crippen molar-refractivity contribution in [2.75, 3.05) is 39.3 Å². The Morgan fingerprint density at radius 2 is 1.74 bits per heavy atom. The van der Waals surface area contributed by atoms with E-state index in [1.165, 1.54) is 11.3 Å². The van der Waals surface area contributed by atoms with Crippen LogP contribution in [0.25, 0.3) is 16.6 Å². The third-order valence-electron chi connectivity index (χ3n) is 6.98. The lowest BCUT2D eigenvalue weighted by molar-refractivity contribution is 0.00854. The summed E-state index contributed by atoms with van der Waals surface area (Å²) in [4.78, 5) is 40.2. The fourth-order valence-corrected chi connectivity index (χ4v) is 5.57. The Hall–Kier alpha value is -3.56. The fraction of sp³-hybridized carbons (Fsp3) is 0.308. The zero-order valence-electron chi connectivity index (χ0n) is 19.5. The molecule has 0 bridgehead atoms. The minimum atomic E-state index is 0.0216. The molecular weight excluding hydrogens is 460 g/mol. The molecule has 3 aromatic heterocycles. The van der Waals surface area contributed by atoms with Gasteiger partial charge in [-0.2, -0.15) is 0 Å². The summed E-state index contributed by atoms with van der Waals surface area (Å²) in [5, 5.41) is 3.43. The molecule has 0 radical (unpaired) electrons. The zero-order valence-corrected chi connectivity index (χ0v) is 20.3. The summed E-state index contributed by atoms with van der Waals surface area (Å²) in [5.74, 6) is 0.0987. The molecule has 2 aliphatic rings. The predicted octanol–water partition coefficient (Wildman–Crippen LogP) is 3.07. The van der Waals surface area contributed by atoms with Crippen LogP contribution in [0.2, 0.25) is 0 Å². The first-order valence-electron chi connectivity index (χ1n) is 11.8. The van der Waals surface area contributed by atoms with Crippen LogP contribution in [-0.2, 0) is 0 Å². The summed E-state index contributed by atoms with van der Waals surface area (Å²) >= 11 is 1.39. The first-order valence-corrected chi connectivity index (χ1v) is 12.7. The minimum Gasteiger partial charge on any atom is -0.335 e. The van der Waals surface area contributed by atoms with Crippen LogP contribution in [0.15, 0.2) is 60.4 Å². The maximum atomic E-state index is 13.1. The molecule has 6 rings (SSSR count). The zero-order chi connectivity index (χ0) is 23.9. The quantitative estimate of drug-likeness (QED) is 0.443. The third-order valence-corrected chi connectivity index (χ3v) is 7.74. The number of amides is 2. The van der Waals surface area contributed by atoms with Crippen LogP contribution in [0.4, 0.5) is 0 Å². The van der Waals surface area contributed by atoms with Gasteiger partial charge in [0.1, 0.15) is 0 Å². The number of piperazine rings is 1. The average Bonchev–Trinajstić information content (AvgIpc) is 3.53. The molecule has 178 valence electrons. The molecule has 2 fully saturated rings. The van der Waals surface area contributed by atoms with E-state index in [9.17, 15) is 9.59 Å². The Morgan fingerprint density at radius 1 is 0.914 bits per heavy atom. The number of hydrogen-bond acceptors (Lipinski definition) is 6. The van der Waals surface area contributed by atoms with Crippen molar-refractivity contribution >= 4 is 34.1 Å². The van der Waals surface area contributed by atoms with E-state index in [1.807, 2.05) is 70.9 Å². The average molecular weight is 487 g/mol. The molecule has 2 saturated heterocycles. The van der Waals surface area contributed by atoms with Gasteiger partial charge in [0.15, 0.2) is 5.01 Å². The molecule has 8 nitrogen and oxygen atoms in total. The summed E-state index contributed by atoms with van der Waals surface area (Å²) in [6, 6.07) is 12.4. The Kier molecular flexibility index (Phi) is 5.58. The van der Waals surface area contributed by atoms with Gasteiger partial charge in [0.2, 0.25) is 0 Å². The highest BCUT2D eigenvalue weighted by molar-refractivity contribution is 7.11. The van der Waals surface area contributed by atoms with E-state index in [4.69, 9.17) is 0 Å². The van der Waals surface area contributed by atoms with E-state index in [0.29, 0.717) is 24.1 Å². The number of benzene rings is 1. The standard InChI is InChI=1S/C26H26N6O2S/c1-18-14-21(4-6-27-18)32-8-5-19-15-20(2-3-23(19)32)25(33)31-16-22(17-31)29-9-11-30(12-10-29)26(34)24-28-7-13-35-24/h2-8,13-15,22H,9-12,16-17H2,1H3. The lowest BCUT2D eigenvalue weighted by atomic mass is 10.0. The second kappa shape index (κ2) is 8.90. The Labute approximate surface area is 207 Å². The molecule has 5 heterocycles. The second-order valence-corrected chi connectivity index (χ2v) is 10.0. The van der Waals surface area contributed by atoms with Crippen molar-refractivity contribution in [1.29, 1.82) is 0 Å². The van der Waals surface area contributed by atoms with Gasteiger partial charge in [-0.3, -0.25) is 19.5 Å². The lowest BCUT2D eigenvalue weighted by Gasteiger charge is -2.48. The topological polar surface area (TPSA) is 74.6 Å². The highest BCUT2D eigenvalue weighted by Crippen LogP contribution is 2.25. The minimum absolute atomic E-state index is 0.0216. The smallest absolute Gasteiger partial charge is 0.282 e. The Morgan fingerprint density at radius 3 is 2.49 bits per heavy atom. The maximum absolute atomic E-state index is 13.1. The van der Waals surface area contributed by atoms with Crippen LogP contribution in [0, 0.1) is 6.92 Å². The lowest BCUT2D eigenvalue weighted by Crippen LogP contribution is -2.64. The van der Waals surface area contributed by atoms with Gasteiger partial charge < -0.3 is 14.4 Å². The molecule has 0 atom stereocenters. The fourth-order valence-electron chi connectivity index (χ4n) is 4.97. The van der Waals surface area contributed by atoms with E-state index < -0.39 is 0 Å². The summed E-state index contributed by atoms with van der Waals surface area (Å²) in [7, 11) is 0. The molecule has 0 unspecified atom stereocenters. The number of likely N-dealkylation sites (tertiary alicyclic amines) is 1. The van der Waals surface area contributed by atoms with E-state index in [1.54, 1.807) is 6.20 Å². The van der Waals surface area contributed by atoms with Crippen LogP contribution in [0.3, 0.4) is 0 Å². The van der Waals surface area contributed by atoms with E-state index in [-0.39, 0.29) is 11.8 Å². The van der Waals surface area contributed by atoms with Crippen LogP contribution < -0.4 is 0 Å². The van der Waals surface area contributed by atoms with Gasteiger partial charge in [-0.15, -0.1) is 11.3 Å². The first kappa shape index (κ1) is 21.9. The normalized spacial score (nSPS) is 17.1. The molecule has 4 aromatic rings. The largest absolute Gasteiger partial charge is 0.335 e. The number of nitrogens with zero attached hydrogens (tertiary/aromatic N) is 6. The number of fused-ring (bicyclic) bond motifs is 1. The molecule has 2 aliphatic heterocycles. The SMILES string of the molecule is Cc1cc(-n2ccc3cc(C(=O)N4CC(N5CCN(C(=O)c6nccs6)CC5)C4)ccc32)ccn1. The molecule has 35 heavy (non-hydrogen) atoms. The van der Waals surface area contributed by atoms with Crippen molar-refractivity contribution < 1.29 is 9.59 Å². The molecule has 2 amide bonds. The number of thiazole rings is 1. The van der Waals surface area contributed by atoms with Crippen molar-refractivity contribution in [3.63, 3.8) is 0 Å². The molecule has 1 aromatic carbocycles. The van der Waals surface area contributed by atoms with Crippen molar-refractivity contribution in [1.82, 2.24) is 29.2 Å². The number of pyridine rings is 1. The van der Waals surface area contributed by atoms with Gasteiger partial charge in [-0.25, -0.2) is 4.98 Å². The Balaban J connectivity index is 1.07. The summed E-state index contributed by atoms with van der Waals surface area (Å²) in [6.45, 7) is 6.51. The Bertz CT molecular complexity index is 1380. The maximum Gasteiger partial charge on any atom is 0.282 e. The summed E-state index contributed by atoms with van der Waals surface area (Å²) in [6.07, 6.45) is 5.52. The van der Waals surface area contributed by atoms with Crippen LogP contribution >= 0.6 is 11.3 Å². The monoisotopic (exact) mass is 486 g/mol. The number of hydrogen-bond donors (Lipinski definition) is 0. The van der Waals surface area contributed by atoms with Gasteiger partial charge in [-0.1, -0.05) is 0 Å². The molecule has 0 spiro atoms. The number of rotatable bonds is 4. The highest BCUT2D eigenvalue weighted by atomic mass is 32.1. The van der Waals surface area contributed by atoms with Crippen LogP contribution in [0.5, 0.6) is 0 Å². The van der Waals surface area contributed by atoms with Crippen molar-refractivity contribution in [3.05, 3.63) is 76.6 Å². The third kappa shape index (κ3) is 4.11. The molecule has 0 N–H and O–H groups in total. The predicted molar refractivity (Wildman–Crippen MR) is 135 cm³/mol. The summed E-state index contributed by atoms with van der Waals surface area (Å²) in [5.41, 5.74) is 3.82.